The molecule has 322 valence electrons. The molecule has 9 nitrogen and oxygen atoms in total. The summed E-state index contributed by atoms with van der Waals surface area (Å²) in [6.45, 7) is 12.7. The molecule has 0 spiro atoms. The Morgan fingerprint density at radius 1 is 0.710 bits per heavy atom. The van der Waals surface area contributed by atoms with Crippen molar-refractivity contribution in [2.75, 3.05) is 20.3 Å². The van der Waals surface area contributed by atoms with Crippen LogP contribution in [0.5, 0.6) is 5.75 Å². The Morgan fingerprint density at radius 2 is 1.23 bits per heavy atom. The number of aromatic nitrogens is 2. The van der Waals surface area contributed by atoms with Gasteiger partial charge in [0.05, 0.1) is 38.5 Å². The fourth-order valence-electron chi connectivity index (χ4n) is 8.72. The normalized spacial score (nSPS) is 17.1. The van der Waals surface area contributed by atoms with Crippen LogP contribution in [0.2, 0.25) is 5.04 Å². The van der Waals surface area contributed by atoms with Gasteiger partial charge in [0.2, 0.25) is 0 Å². The Balaban J connectivity index is 1.28. The first-order chi connectivity index (χ1) is 29.7. The second-order valence-corrected chi connectivity index (χ2v) is 22.2. The van der Waals surface area contributed by atoms with Crippen molar-refractivity contribution in [3.8, 4) is 5.75 Å². The zero-order valence-electron chi connectivity index (χ0n) is 36.8. The van der Waals surface area contributed by atoms with Crippen molar-refractivity contribution in [3.63, 3.8) is 0 Å². The molecular formula is C52H58N2O7Si. The smallest absolute Gasteiger partial charge is 0.349 e. The summed E-state index contributed by atoms with van der Waals surface area (Å²) in [5.74, 6) is 0.0679. The standard InChI is InChI=1S/C52H58N2O7Si/c1-50(2,3)61-48(55)35-42-32-33-54(49(56)53-42)47-34-38(46(60-47)37-59-62(51(4,5)6,44-24-16-10-17-25-44)45-26-18-11-19-27-45)36-58-52(39-20-12-8-13-21-39,40-22-14-9-15-23-40)41-28-30-43(57-7)31-29-41/h8-33,38,46-47H,34-37H2,1-7H3/t38-,46-,47-/m1/s1. The van der Waals surface area contributed by atoms with Crippen LogP contribution in [0.3, 0.4) is 0 Å². The molecule has 0 amide bonds. The first-order valence-electron chi connectivity index (χ1n) is 21.3. The number of nitrogens with zero attached hydrogens (tertiary/aromatic N) is 2. The van der Waals surface area contributed by atoms with Gasteiger partial charge in [0.15, 0.2) is 0 Å². The first-order valence-corrected chi connectivity index (χ1v) is 23.2. The molecule has 0 bridgehead atoms. The number of carbonyl (C=O) groups excluding carboxylic acids is 1. The van der Waals surface area contributed by atoms with Crippen molar-refractivity contribution in [1.82, 2.24) is 9.55 Å². The van der Waals surface area contributed by atoms with Crippen LogP contribution < -0.4 is 20.8 Å². The van der Waals surface area contributed by atoms with Crippen LogP contribution in [0, 0.1) is 5.92 Å². The first kappa shape index (κ1) is 44.4. The van der Waals surface area contributed by atoms with Gasteiger partial charge in [-0.05, 0) is 71.1 Å². The van der Waals surface area contributed by atoms with Crippen LogP contribution in [0.4, 0.5) is 0 Å². The van der Waals surface area contributed by atoms with E-state index in [-0.39, 0.29) is 30.6 Å². The lowest BCUT2D eigenvalue weighted by atomic mass is 9.80. The molecule has 7 rings (SSSR count). The molecule has 1 aliphatic heterocycles. The Morgan fingerprint density at radius 3 is 1.71 bits per heavy atom. The number of carbonyl (C=O) groups is 1. The van der Waals surface area contributed by atoms with E-state index in [4.69, 9.17) is 23.4 Å². The molecule has 0 unspecified atom stereocenters. The molecule has 0 N–H and O–H groups in total. The third kappa shape index (κ3) is 9.54. The lowest BCUT2D eigenvalue weighted by Gasteiger charge is -2.44. The van der Waals surface area contributed by atoms with E-state index in [9.17, 15) is 9.59 Å². The van der Waals surface area contributed by atoms with E-state index in [0.29, 0.717) is 12.1 Å². The van der Waals surface area contributed by atoms with Gasteiger partial charge >= 0.3 is 11.7 Å². The van der Waals surface area contributed by atoms with Gasteiger partial charge in [-0.3, -0.25) is 9.36 Å². The van der Waals surface area contributed by atoms with Gasteiger partial charge in [-0.1, -0.05) is 154 Å². The summed E-state index contributed by atoms with van der Waals surface area (Å²) >= 11 is 0. The lowest BCUT2D eigenvalue weighted by molar-refractivity contribution is -0.154. The number of ether oxygens (including phenoxy) is 4. The highest BCUT2D eigenvalue weighted by atomic mass is 28.4. The van der Waals surface area contributed by atoms with Gasteiger partial charge in [0.25, 0.3) is 8.32 Å². The number of hydrogen-bond acceptors (Lipinski definition) is 8. The SMILES string of the molecule is COc1ccc(C(OC[C@H]2C[C@H](n3ccc(CC(=O)OC(C)(C)C)nc3=O)O[C@@H]2CO[Si](c2ccccc2)(c2ccccc2)C(C)(C)C)(c2ccccc2)c2ccccc2)cc1. The van der Waals surface area contributed by atoms with Gasteiger partial charge in [-0.2, -0.15) is 4.98 Å². The molecule has 6 aromatic rings. The molecule has 1 aromatic heterocycles. The third-order valence-electron chi connectivity index (χ3n) is 11.6. The molecule has 10 heteroatoms. The summed E-state index contributed by atoms with van der Waals surface area (Å²) in [5, 5.41) is 2.05. The van der Waals surface area contributed by atoms with Crippen molar-refractivity contribution in [3.05, 3.63) is 191 Å². The predicted octanol–water partition coefficient (Wildman–Crippen LogP) is 8.63. The highest BCUT2D eigenvalue weighted by Crippen LogP contribution is 2.44. The molecule has 1 fully saturated rings. The summed E-state index contributed by atoms with van der Waals surface area (Å²) < 4.78 is 34.5. The maximum Gasteiger partial charge on any atom is 0.349 e. The van der Waals surface area contributed by atoms with Gasteiger partial charge in [0, 0.05) is 18.5 Å². The topological polar surface area (TPSA) is 98.1 Å². The predicted molar refractivity (Wildman–Crippen MR) is 245 cm³/mol. The largest absolute Gasteiger partial charge is 0.497 e. The van der Waals surface area contributed by atoms with E-state index in [1.807, 2.05) is 81.4 Å². The average molecular weight is 851 g/mol. The molecule has 3 atom stereocenters. The van der Waals surface area contributed by atoms with E-state index in [0.717, 1.165) is 32.8 Å². The van der Waals surface area contributed by atoms with Crippen LogP contribution >= 0.6 is 0 Å². The monoisotopic (exact) mass is 850 g/mol. The van der Waals surface area contributed by atoms with Crippen LogP contribution in [0.15, 0.2) is 163 Å². The number of rotatable bonds is 15. The zero-order valence-corrected chi connectivity index (χ0v) is 37.8. The van der Waals surface area contributed by atoms with E-state index in [1.165, 1.54) is 4.57 Å². The lowest BCUT2D eigenvalue weighted by Crippen LogP contribution is -2.67. The van der Waals surface area contributed by atoms with Crippen molar-refractivity contribution >= 4 is 24.7 Å². The summed E-state index contributed by atoms with van der Waals surface area (Å²) in [7, 11) is -1.32. The van der Waals surface area contributed by atoms with Gasteiger partial charge in [0.1, 0.15) is 23.2 Å². The quantitative estimate of drug-likeness (QED) is 0.0576. The molecule has 5 aromatic carbocycles. The third-order valence-corrected chi connectivity index (χ3v) is 16.6. The van der Waals surface area contributed by atoms with Crippen LogP contribution in [-0.2, 0) is 35.5 Å². The van der Waals surface area contributed by atoms with Crippen molar-refractivity contribution in [2.24, 2.45) is 5.92 Å². The second kappa shape index (κ2) is 18.8. The summed E-state index contributed by atoms with van der Waals surface area (Å²) in [5.41, 5.74) is 1.02. The minimum atomic E-state index is -2.98. The van der Waals surface area contributed by atoms with Crippen LogP contribution in [0.1, 0.15) is 76.6 Å². The molecule has 0 saturated carbocycles. The Hall–Kier alpha value is -5.65. The summed E-state index contributed by atoms with van der Waals surface area (Å²) in [6.07, 6.45) is 0.852. The van der Waals surface area contributed by atoms with Crippen LogP contribution in [0.25, 0.3) is 0 Å². The molecule has 62 heavy (non-hydrogen) atoms. The number of hydrogen-bond donors (Lipinski definition) is 0. The molecular weight excluding hydrogens is 793 g/mol. The summed E-state index contributed by atoms with van der Waals surface area (Å²) in [6, 6.07) is 51.3. The molecule has 1 saturated heterocycles. The highest BCUT2D eigenvalue weighted by Gasteiger charge is 2.52. The van der Waals surface area contributed by atoms with Crippen molar-refractivity contribution < 1.29 is 28.2 Å². The number of esters is 1. The number of benzene rings is 5. The Labute approximate surface area is 366 Å². The van der Waals surface area contributed by atoms with Gasteiger partial charge < -0.3 is 23.4 Å². The van der Waals surface area contributed by atoms with Gasteiger partial charge in [-0.25, -0.2) is 4.79 Å². The van der Waals surface area contributed by atoms with Gasteiger partial charge in [-0.15, -0.1) is 0 Å². The molecule has 0 radical (unpaired) electrons. The Kier molecular flexibility index (Phi) is 13.4. The number of methoxy groups -OCH3 is 1. The molecule has 2 heterocycles. The average Bonchev–Trinajstić information content (AvgIpc) is 3.67. The van der Waals surface area contributed by atoms with Crippen molar-refractivity contribution in [2.45, 2.75) is 83.0 Å². The summed E-state index contributed by atoms with van der Waals surface area (Å²) in [4.78, 5) is 30.8. The molecule has 0 aliphatic carbocycles. The molecule has 1 aliphatic rings. The van der Waals surface area contributed by atoms with E-state index in [2.05, 4.69) is 111 Å². The van der Waals surface area contributed by atoms with Crippen LogP contribution in [-0.4, -0.2) is 55.9 Å². The van der Waals surface area contributed by atoms with E-state index in [1.54, 1.807) is 19.4 Å². The minimum Gasteiger partial charge on any atom is -0.497 e. The van der Waals surface area contributed by atoms with Crippen molar-refractivity contribution in [1.29, 1.82) is 0 Å². The maximum absolute atomic E-state index is 13.8. The van der Waals surface area contributed by atoms with E-state index < -0.39 is 43.5 Å². The Bertz CT molecular complexity index is 2350. The highest BCUT2D eigenvalue weighted by molar-refractivity contribution is 6.99. The zero-order chi connectivity index (χ0) is 44.0. The minimum absolute atomic E-state index is 0.114. The maximum atomic E-state index is 13.8. The fourth-order valence-corrected chi connectivity index (χ4v) is 13.3. The van der Waals surface area contributed by atoms with E-state index >= 15 is 0 Å². The second-order valence-electron chi connectivity index (χ2n) is 17.9. The fraction of sp³-hybridized carbons (Fsp3) is 0.327.